The Kier molecular flexibility index (Phi) is 2.72. The second-order valence-electron chi connectivity index (χ2n) is 2.11. The molecule has 1 aliphatic rings. The number of ether oxygens (including phenoxy) is 1. The van der Waals surface area contributed by atoms with Crippen molar-refractivity contribution >= 4 is 5.97 Å². The van der Waals surface area contributed by atoms with Gasteiger partial charge in [0.25, 0.3) is 0 Å². The molecule has 3 nitrogen and oxygen atoms in total. The Hall–Kier alpha value is -1.25. The van der Waals surface area contributed by atoms with Gasteiger partial charge in [0.15, 0.2) is 0 Å². The molecule has 0 amide bonds. The first-order chi connectivity index (χ1) is 5.34. The van der Waals surface area contributed by atoms with Gasteiger partial charge in [0.05, 0.1) is 6.61 Å². The van der Waals surface area contributed by atoms with E-state index >= 15 is 0 Å². The highest BCUT2D eigenvalue weighted by Crippen LogP contribution is 1.98. The molecule has 0 aliphatic carbocycles. The molecule has 11 heavy (non-hydrogen) atoms. The molecule has 0 unspecified atom stereocenters. The highest BCUT2D eigenvalue weighted by Gasteiger charge is 2.08. The zero-order valence-electron chi connectivity index (χ0n) is 6.46. The molecule has 1 heterocycles. The molecule has 0 saturated heterocycles. The van der Waals surface area contributed by atoms with Crippen LogP contribution in [0.5, 0.6) is 0 Å². The Morgan fingerprint density at radius 3 is 3.18 bits per heavy atom. The van der Waals surface area contributed by atoms with Crippen LogP contribution in [0.2, 0.25) is 0 Å². The third kappa shape index (κ3) is 2.11. The number of carbonyl (C=O) groups is 1. The minimum Gasteiger partial charge on any atom is -0.461 e. The van der Waals surface area contributed by atoms with Crippen molar-refractivity contribution in [1.29, 1.82) is 0 Å². The maximum absolute atomic E-state index is 11.0. The zero-order valence-corrected chi connectivity index (χ0v) is 6.46. The van der Waals surface area contributed by atoms with Gasteiger partial charge in [0, 0.05) is 6.54 Å². The number of esters is 1. The SMILES string of the molecule is CCOC(=O)C1=CC=CCN1. The summed E-state index contributed by atoms with van der Waals surface area (Å²) in [5.74, 6) is -0.281. The number of carbonyl (C=O) groups excluding carboxylic acids is 1. The summed E-state index contributed by atoms with van der Waals surface area (Å²) in [5, 5.41) is 2.90. The summed E-state index contributed by atoms with van der Waals surface area (Å²) in [6.07, 6.45) is 5.48. The predicted molar refractivity (Wildman–Crippen MR) is 41.9 cm³/mol. The van der Waals surface area contributed by atoms with Gasteiger partial charge in [-0.15, -0.1) is 0 Å². The van der Waals surface area contributed by atoms with Crippen molar-refractivity contribution in [2.45, 2.75) is 6.92 Å². The average Bonchev–Trinajstić information content (AvgIpc) is 2.07. The Balaban J connectivity index is 2.52. The molecule has 0 aromatic heterocycles. The van der Waals surface area contributed by atoms with Crippen molar-refractivity contribution in [2.75, 3.05) is 13.2 Å². The summed E-state index contributed by atoms with van der Waals surface area (Å²) in [6, 6.07) is 0. The van der Waals surface area contributed by atoms with Crippen LogP contribution in [-0.4, -0.2) is 19.1 Å². The molecule has 1 N–H and O–H groups in total. The molecular formula is C8H11NO2. The number of dihydropyridines is 1. The number of hydrogen-bond acceptors (Lipinski definition) is 3. The molecule has 0 aromatic carbocycles. The van der Waals surface area contributed by atoms with E-state index in [4.69, 9.17) is 4.74 Å². The first kappa shape index (κ1) is 7.85. The van der Waals surface area contributed by atoms with Crippen molar-refractivity contribution in [3.8, 4) is 0 Å². The number of hydrogen-bond donors (Lipinski definition) is 1. The van der Waals surface area contributed by atoms with Gasteiger partial charge in [-0.3, -0.25) is 0 Å². The fourth-order valence-corrected chi connectivity index (χ4v) is 0.809. The molecule has 3 heteroatoms. The maximum atomic E-state index is 11.0. The van der Waals surface area contributed by atoms with Crippen LogP contribution in [0.15, 0.2) is 23.9 Å². The monoisotopic (exact) mass is 153 g/mol. The van der Waals surface area contributed by atoms with Crippen LogP contribution in [-0.2, 0) is 9.53 Å². The molecule has 1 rings (SSSR count). The average molecular weight is 153 g/mol. The lowest BCUT2D eigenvalue weighted by Gasteiger charge is -2.09. The predicted octanol–water partition coefficient (Wildman–Crippen LogP) is 0.593. The quantitative estimate of drug-likeness (QED) is 0.590. The number of rotatable bonds is 2. The van der Waals surface area contributed by atoms with Crippen LogP contribution in [0, 0.1) is 0 Å². The van der Waals surface area contributed by atoms with Crippen LogP contribution in [0.4, 0.5) is 0 Å². The third-order valence-electron chi connectivity index (χ3n) is 1.30. The van der Waals surface area contributed by atoms with Gasteiger partial charge >= 0.3 is 5.97 Å². The Morgan fingerprint density at radius 2 is 2.64 bits per heavy atom. The van der Waals surface area contributed by atoms with E-state index in [1.165, 1.54) is 0 Å². The van der Waals surface area contributed by atoms with Gasteiger partial charge in [-0.25, -0.2) is 4.79 Å². The van der Waals surface area contributed by atoms with Crippen molar-refractivity contribution in [3.63, 3.8) is 0 Å². The summed E-state index contributed by atoms with van der Waals surface area (Å²) in [6.45, 7) is 2.91. The van der Waals surface area contributed by atoms with Crippen LogP contribution in [0.25, 0.3) is 0 Å². The molecular weight excluding hydrogens is 142 g/mol. The van der Waals surface area contributed by atoms with Crippen molar-refractivity contribution in [2.24, 2.45) is 0 Å². The zero-order chi connectivity index (χ0) is 8.10. The van der Waals surface area contributed by atoms with Crippen molar-refractivity contribution in [1.82, 2.24) is 5.32 Å². The van der Waals surface area contributed by atoms with Gasteiger partial charge < -0.3 is 10.1 Å². The second-order valence-corrected chi connectivity index (χ2v) is 2.11. The number of allylic oxidation sites excluding steroid dienone is 2. The molecule has 1 aliphatic heterocycles. The Labute approximate surface area is 65.7 Å². The van der Waals surface area contributed by atoms with E-state index in [-0.39, 0.29) is 5.97 Å². The standard InChI is InChI=1S/C8H11NO2/c1-2-11-8(10)7-5-3-4-6-9-7/h3-5,9H,2,6H2,1H3. The molecule has 0 radical (unpaired) electrons. The first-order valence-corrected chi connectivity index (χ1v) is 3.62. The van der Waals surface area contributed by atoms with Crippen LogP contribution < -0.4 is 5.32 Å². The molecule has 0 bridgehead atoms. The summed E-state index contributed by atoms with van der Waals surface area (Å²) < 4.78 is 4.78. The van der Waals surface area contributed by atoms with E-state index in [0.29, 0.717) is 18.8 Å². The normalized spacial score (nSPS) is 15.2. The van der Waals surface area contributed by atoms with Crippen LogP contribution in [0.3, 0.4) is 0 Å². The topological polar surface area (TPSA) is 38.3 Å². The largest absolute Gasteiger partial charge is 0.461 e. The van der Waals surface area contributed by atoms with E-state index in [1.807, 2.05) is 12.2 Å². The lowest BCUT2D eigenvalue weighted by molar-refractivity contribution is -0.138. The summed E-state index contributed by atoms with van der Waals surface area (Å²) >= 11 is 0. The summed E-state index contributed by atoms with van der Waals surface area (Å²) in [7, 11) is 0. The van der Waals surface area contributed by atoms with E-state index < -0.39 is 0 Å². The third-order valence-corrected chi connectivity index (χ3v) is 1.30. The fourth-order valence-electron chi connectivity index (χ4n) is 0.809. The number of nitrogens with one attached hydrogen (secondary N) is 1. The van der Waals surface area contributed by atoms with E-state index in [1.54, 1.807) is 13.0 Å². The molecule has 60 valence electrons. The second kappa shape index (κ2) is 3.81. The molecule has 0 atom stereocenters. The minimum absolute atomic E-state index is 0.281. The van der Waals surface area contributed by atoms with Crippen LogP contribution in [0.1, 0.15) is 6.92 Å². The van der Waals surface area contributed by atoms with Gasteiger partial charge in [-0.05, 0) is 13.0 Å². The molecule has 0 spiro atoms. The summed E-state index contributed by atoms with van der Waals surface area (Å²) in [4.78, 5) is 11.0. The summed E-state index contributed by atoms with van der Waals surface area (Å²) in [5.41, 5.74) is 0.536. The van der Waals surface area contributed by atoms with E-state index in [0.717, 1.165) is 0 Å². The smallest absolute Gasteiger partial charge is 0.354 e. The minimum atomic E-state index is -0.281. The molecule has 0 fully saturated rings. The first-order valence-electron chi connectivity index (χ1n) is 3.62. The highest BCUT2D eigenvalue weighted by atomic mass is 16.5. The van der Waals surface area contributed by atoms with Crippen LogP contribution >= 0.6 is 0 Å². The molecule has 0 saturated carbocycles. The van der Waals surface area contributed by atoms with Gasteiger partial charge in [0.2, 0.25) is 0 Å². The van der Waals surface area contributed by atoms with Gasteiger partial charge in [-0.1, -0.05) is 12.2 Å². The van der Waals surface area contributed by atoms with Gasteiger partial charge in [0.1, 0.15) is 5.70 Å². The maximum Gasteiger partial charge on any atom is 0.354 e. The Bertz CT molecular complexity index is 206. The van der Waals surface area contributed by atoms with E-state index in [2.05, 4.69) is 5.32 Å². The lowest BCUT2D eigenvalue weighted by Crippen LogP contribution is -2.24. The lowest BCUT2D eigenvalue weighted by atomic mass is 10.3. The van der Waals surface area contributed by atoms with E-state index in [9.17, 15) is 4.79 Å². The Morgan fingerprint density at radius 1 is 1.82 bits per heavy atom. The van der Waals surface area contributed by atoms with Crippen molar-refractivity contribution in [3.05, 3.63) is 23.9 Å². The van der Waals surface area contributed by atoms with Gasteiger partial charge in [-0.2, -0.15) is 0 Å². The molecule has 0 aromatic rings. The van der Waals surface area contributed by atoms with Crippen molar-refractivity contribution < 1.29 is 9.53 Å². The fraction of sp³-hybridized carbons (Fsp3) is 0.375. The highest BCUT2D eigenvalue weighted by molar-refractivity contribution is 5.88.